The molecular weight excluding hydrogens is 1640 g/mol. The Labute approximate surface area is 797 Å². The average Bonchev–Trinajstić information content (AvgIpc) is 1.55. The molecule has 0 saturated carbocycles. The second-order valence-electron chi connectivity index (χ2n) is 37.4. The van der Waals surface area contributed by atoms with Crippen LogP contribution >= 0.6 is 0 Å². The smallest absolute Gasteiger partial charge is 0.222 e. The number of rotatable bonds is 5. The van der Waals surface area contributed by atoms with Crippen molar-refractivity contribution in [1.82, 2.24) is 22.8 Å². The lowest BCUT2D eigenvalue weighted by atomic mass is 9.97. The van der Waals surface area contributed by atoms with Crippen LogP contribution in [0.25, 0.3) is 219 Å². The molecular formula is C125H115N10+5. The van der Waals surface area contributed by atoms with E-state index in [0.717, 1.165) is 43.9 Å². The fourth-order valence-electron chi connectivity index (χ4n) is 22.3. The van der Waals surface area contributed by atoms with Crippen molar-refractivity contribution in [3.05, 3.63) is 390 Å². The van der Waals surface area contributed by atoms with Crippen LogP contribution in [0.4, 0.5) is 0 Å². The van der Waals surface area contributed by atoms with Crippen LogP contribution in [0.2, 0.25) is 0 Å². The quantitative estimate of drug-likeness (QED) is 0.154. The van der Waals surface area contributed by atoms with Crippen molar-refractivity contribution in [3.8, 4) is 56.3 Å². The minimum absolute atomic E-state index is 0.285. The van der Waals surface area contributed by atoms with Crippen molar-refractivity contribution >= 4 is 163 Å². The molecule has 135 heavy (non-hydrogen) atoms. The molecule has 660 valence electrons. The van der Waals surface area contributed by atoms with Gasteiger partial charge in [-0.3, -0.25) is 0 Å². The molecule has 0 unspecified atom stereocenters. The molecule has 0 spiro atoms. The second-order valence-corrected chi connectivity index (χ2v) is 37.4. The maximum Gasteiger partial charge on any atom is 0.222 e. The van der Waals surface area contributed by atoms with Gasteiger partial charge in [-0.15, -0.1) is 0 Å². The summed E-state index contributed by atoms with van der Waals surface area (Å²) in [4.78, 5) is 0. The zero-order valence-corrected chi connectivity index (χ0v) is 80.2. The Balaban J connectivity index is 0.000000105. The topological polar surface area (TPSA) is 44.0 Å². The van der Waals surface area contributed by atoms with E-state index in [1.54, 1.807) is 18.3 Å². The summed E-state index contributed by atoms with van der Waals surface area (Å²) >= 11 is 0. The summed E-state index contributed by atoms with van der Waals surface area (Å²) in [5.74, 6) is 0. The molecule has 10 nitrogen and oxygen atoms in total. The number of hydrogen-bond acceptors (Lipinski definition) is 0. The molecule has 10 heteroatoms. The first-order valence-electron chi connectivity index (χ1n) is 49.6. The Morgan fingerprint density at radius 3 is 0.881 bits per heavy atom. The largest absolute Gasteiger partial charge is 0.343 e. The van der Waals surface area contributed by atoms with Crippen molar-refractivity contribution in [2.24, 2.45) is 70.5 Å². The summed E-state index contributed by atoms with van der Waals surface area (Å²) in [6.45, 7) is 12.8. The van der Waals surface area contributed by atoms with Crippen LogP contribution in [-0.4, -0.2) is 22.8 Å². The number of fused-ring (bicyclic) bond motifs is 21. The normalized spacial score (nSPS) is 12.5. The maximum atomic E-state index is 8.22. The lowest BCUT2D eigenvalue weighted by molar-refractivity contribution is -0.659. The lowest BCUT2D eigenvalue weighted by Crippen LogP contribution is -2.31. The number of benzene rings is 15. The van der Waals surface area contributed by atoms with Crippen molar-refractivity contribution in [3.63, 3.8) is 0 Å². The summed E-state index contributed by atoms with van der Waals surface area (Å²) in [6, 6.07) is 108. The van der Waals surface area contributed by atoms with E-state index in [0.29, 0.717) is 5.52 Å². The first kappa shape index (κ1) is 79.1. The van der Waals surface area contributed by atoms with E-state index in [1.807, 2.05) is 48.4 Å². The minimum atomic E-state index is -2.30. The molecule has 0 saturated heterocycles. The molecule has 0 amide bonds. The summed E-state index contributed by atoms with van der Waals surface area (Å²) in [6.07, 6.45) is 10.5. The number of aromatic nitrogens is 10. The Hall–Kier alpha value is -15.7. The van der Waals surface area contributed by atoms with Crippen molar-refractivity contribution in [1.29, 1.82) is 0 Å². The van der Waals surface area contributed by atoms with Gasteiger partial charge in [-0.2, -0.15) is 0 Å². The standard InChI is InChI=1S/2C26H25N2.C25H23N2.2C24H21N2/c2*1-16-10-11-21(17(2)12-16)26-24-22-13-19-8-6-7-9-20(19)14-23(22)28(5)25(24)18(3)15-27(26)4;1-16-9-5-8-12-20(16)25-23-21-13-18-10-6-7-11-19(18)14-22(21)27(4)24(23)17(2)15-26(25)3;1-16-8-4-7-11-19(16)24-23-20-14-17-9-5-6-10-18(17)15-22(20)26(3)21(23)12-13-25(24)2;1-16-8-4-6-10-18(16)24-22-20-13-12-17-9-5-7-11-19(17)23(20)26(3)21(22)14-15-25(24)2/h2*6-15H,1-5H3;5-15H,1-4H3;2*4-15H,1-3H3/q5*+1/i1D3,3D3;;;;. The monoisotopic (exact) mass is 1760 g/mol. The lowest BCUT2D eigenvalue weighted by Gasteiger charge is -2.09. The van der Waals surface area contributed by atoms with Gasteiger partial charge in [-0.1, -0.05) is 223 Å². The zero-order chi connectivity index (χ0) is 98.5. The third-order valence-electron chi connectivity index (χ3n) is 28.7. The van der Waals surface area contributed by atoms with Gasteiger partial charge in [0.05, 0.1) is 60.0 Å². The predicted octanol–water partition coefficient (Wildman–Crippen LogP) is 28.0. The van der Waals surface area contributed by atoms with Gasteiger partial charge < -0.3 is 22.8 Å². The van der Waals surface area contributed by atoms with E-state index < -0.39 is 13.7 Å². The number of hydrogen-bond donors (Lipinski definition) is 0. The molecule has 15 aromatic carbocycles. The van der Waals surface area contributed by atoms with E-state index in [2.05, 4.69) is 439 Å². The molecule has 25 rings (SSSR count). The van der Waals surface area contributed by atoms with Crippen LogP contribution in [0.15, 0.2) is 334 Å². The molecule has 0 N–H and O–H groups in total. The zero-order valence-electron chi connectivity index (χ0n) is 86.2. The third-order valence-corrected chi connectivity index (χ3v) is 28.7. The highest BCUT2D eigenvalue weighted by molar-refractivity contribution is 6.23. The summed E-state index contributed by atoms with van der Waals surface area (Å²) < 4.78 is 70.2. The highest BCUT2D eigenvalue weighted by Crippen LogP contribution is 2.46. The molecule has 0 atom stereocenters. The Morgan fingerprint density at radius 1 is 0.200 bits per heavy atom. The van der Waals surface area contributed by atoms with Crippen LogP contribution in [0.1, 0.15) is 63.9 Å². The van der Waals surface area contributed by atoms with Crippen molar-refractivity contribution in [2.45, 2.75) is 69.1 Å². The molecule has 0 fully saturated rings. The summed E-state index contributed by atoms with van der Waals surface area (Å²) in [5.41, 5.74) is 34.5. The van der Waals surface area contributed by atoms with Gasteiger partial charge in [0, 0.05) is 154 Å². The molecule has 0 aliphatic heterocycles. The fourth-order valence-corrected chi connectivity index (χ4v) is 22.3. The van der Waals surface area contributed by atoms with Crippen LogP contribution in [0.5, 0.6) is 0 Å². The van der Waals surface area contributed by atoms with Gasteiger partial charge in [0.25, 0.3) is 0 Å². The van der Waals surface area contributed by atoms with Crippen LogP contribution in [-0.2, 0) is 70.5 Å². The number of aryl methyl sites for hydroxylation is 20. The van der Waals surface area contributed by atoms with Gasteiger partial charge >= 0.3 is 0 Å². The third kappa shape index (κ3) is 14.4. The van der Waals surface area contributed by atoms with Crippen molar-refractivity contribution in [2.75, 3.05) is 0 Å². The highest BCUT2D eigenvalue weighted by Gasteiger charge is 2.31. The molecule has 0 aliphatic carbocycles. The van der Waals surface area contributed by atoms with E-state index in [4.69, 9.17) is 8.22 Å². The molecule has 0 radical (unpaired) electrons. The molecule has 0 aliphatic rings. The van der Waals surface area contributed by atoms with E-state index >= 15 is 0 Å². The van der Waals surface area contributed by atoms with Gasteiger partial charge in [0.1, 0.15) is 35.2 Å². The Bertz CT molecular complexity index is 9450. The number of nitrogens with zero attached hydrogens (tertiary/aromatic N) is 10. The maximum absolute atomic E-state index is 8.22. The number of pyridine rings is 5. The first-order chi connectivity index (χ1) is 67.7. The van der Waals surface area contributed by atoms with Gasteiger partial charge in [0.2, 0.25) is 28.5 Å². The van der Waals surface area contributed by atoms with Crippen molar-refractivity contribution < 1.29 is 31.1 Å². The van der Waals surface area contributed by atoms with Crippen LogP contribution in [0, 0.1) is 69.1 Å². The van der Waals surface area contributed by atoms with E-state index in [1.165, 1.54) is 214 Å². The fraction of sp³-hybridized carbons (Fsp3) is 0.160. The summed E-state index contributed by atoms with van der Waals surface area (Å²) in [5, 5.41) is 24.9. The molecule has 10 heterocycles. The minimum Gasteiger partial charge on any atom is -0.343 e. The Morgan fingerprint density at radius 2 is 0.496 bits per heavy atom. The highest BCUT2D eigenvalue weighted by atomic mass is 15.0. The second kappa shape index (κ2) is 33.9. The SMILES string of the molecule is Cc1ccc(-c2c3c4cc5ccccc5cc4n(C)c3c(C)c[n+]2C)c(C)c1.Cc1ccccc1-c1c2c3cc4ccccc4cc3n(C)c2c(C)c[n+]1C.Cc1ccccc1-c1c2c3cc4ccccc4cc3n(C)c2cc[n+]1C.Cc1ccccc1-c1c2c3ccc4ccccc4c3n(C)c2cc[n+]1C.[2H]C([2H])([2H])c1ccc(-c2c3c4cc5ccccc5cc4n(C)c3c(C([2H])([2H])[2H])c[n+]2C)c(C)c1. The Kier molecular flexibility index (Phi) is 19.9. The molecule has 0 bridgehead atoms. The van der Waals surface area contributed by atoms with E-state index in [-0.39, 0.29) is 11.1 Å². The first-order valence-corrected chi connectivity index (χ1v) is 46.6. The van der Waals surface area contributed by atoms with Gasteiger partial charge in [-0.05, 0) is 224 Å². The summed E-state index contributed by atoms with van der Waals surface area (Å²) in [7, 11) is 21.1. The predicted molar refractivity (Wildman–Crippen MR) is 570 cm³/mol. The van der Waals surface area contributed by atoms with Gasteiger partial charge in [-0.25, -0.2) is 22.8 Å². The van der Waals surface area contributed by atoms with Crippen LogP contribution < -0.4 is 22.8 Å². The van der Waals surface area contributed by atoms with Gasteiger partial charge in [0.15, 0.2) is 31.0 Å². The average molecular weight is 1760 g/mol. The van der Waals surface area contributed by atoms with Crippen LogP contribution in [0.3, 0.4) is 0 Å². The molecule has 25 aromatic rings. The van der Waals surface area contributed by atoms with E-state index in [9.17, 15) is 0 Å². The molecule has 10 aromatic heterocycles.